The summed E-state index contributed by atoms with van der Waals surface area (Å²) < 4.78 is 5.02. The van der Waals surface area contributed by atoms with Crippen molar-refractivity contribution in [3.05, 3.63) is 0 Å². The van der Waals surface area contributed by atoms with Gasteiger partial charge in [-0.25, -0.2) is 0 Å². The van der Waals surface area contributed by atoms with Crippen molar-refractivity contribution >= 4 is 5.97 Å². The molecule has 1 N–H and O–H groups in total. The molecule has 1 saturated carbocycles. The van der Waals surface area contributed by atoms with E-state index in [9.17, 15) is 4.79 Å². The first-order valence-corrected chi connectivity index (χ1v) is 6.65. The van der Waals surface area contributed by atoms with Gasteiger partial charge in [-0.05, 0) is 37.1 Å². The topological polar surface area (TPSA) is 38.3 Å². The number of carbonyl (C=O) groups is 1. The van der Waals surface area contributed by atoms with Gasteiger partial charge in [0.25, 0.3) is 0 Å². The van der Waals surface area contributed by atoms with E-state index in [0.29, 0.717) is 5.92 Å². The van der Waals surface area contributed by atoms with Crippen LogP contribution in [0, 0.1) is 11.3 Å². The first kappa shape index (κ1) is 14.5. The van der Waals surface area contributed by atoms with Crippen LogP contribution in [0.25, 0.3) is 0 Å². The maximum atomic E-state index is 12.1. The van der Waals surface area contributed by atoms with Crippen LogP contribution in [-0.4, -0.2) is 25.2 Å². The molecule has 100 valence electrons. The molecule has 1 rings (SSSR count). The van der Waals surface area contributed by atoms with Crippen LogP contribution in [0.15, 0.2) is 0 Å². The number of esters is 1. The van der Waals surface area contributed by atoms with Gasteiger partial charge in [-0.3, -0.25) is 4.79 Å². The SMILES string of the molecule is COC(=O)C1(NCC(C)C)CCCC(C)(C)C1. The summed E-state index contributed by atoms with van der Waals surface area (Å²) in [7, 11) is 1.49. The Bertz CT molecular complexity index is 273. The van der Waals surface area contributed by atoms with Crippen LogP contribution >= 0.6 is 0 Å². The molecule has 0 amide bonds. The average molecular weight is 241 g/mol. The number of carbonyl (C=O) groups excluding carboxylic acids is 1. The monoisotopic (exact) mass is 241 g/mol. The van der Waals surface area contributed by atoms with Crippen molar-refractivity contribution in [2.45, 2.75) is 58.9 Å². The summed E-state index contributed by atoms with van der Waals surface area (Å²) in [6.45, 7) is 9.66. The summed E-state index contributed by atoms with van der Waals surface area (Å²) in [4.78, 5) is 12.1. The summed E-state index contributed by atoms with van der Waals surface area (Å²) in [6.07, 6.45) is 4.05. The normalized spacial score (nSPS) is 28.1. The number of rotatable bonds is 4. The second kappa shape index (κ2) is 5.38. The lowest BCUT2D eigenvalue weighted by Crippen LogP contribution is -2.57. The van der Waals surface area contributed by atoms with Crippen LogP contribution in [0.3, 0.4) is 0 Å². The molecule has 1 aliphatic rings. The first-order valence-electron chi connectivity index (χ1n) is 6.65. The summed E-state index contributed by atoms with van der Waals surface area (Å²) in [6, 6.07) is 0. The predicted molar refractivity (Wildman–Crippen MR) is 69.8 cm³/mol. The Morgan fingerprint density at radius 1 is 1.35 bits per heavy atom. The van der Waals surface area contributed by atoms with Gasteiger partial charge in [-0.1, -0.05) is 34.1 Å². The molecule has 0 aromatic heterocycles. The van der Waals surface area contributed by atoms with Gasteiger partial charge in [0.1, 0.15) is 5.54 Å². The molecule has 1 unspecified atom stereocenters. The largest absolute Gasteiger partial charge is 0.468 e. The van der Waals surface area contributed by atoms with E-state index in [4.69, 9.17) is 4.74 Å². The Morgan fingerprint density at radius 2 is 2.00 bits per heavy atom. The van der Waals surface area contributed by atoms with Crippen LogP contribution in [0.4, 0.5) is 0 Å². The van der Waals surface area contributed by atoms with Crippen molar-refractivity contribution in [1.82, 2.24) is 5.32 Å². The van der Waals surface area contributed by atoms with Crippen molar-refractivity contribution in [3.8, 4) is 0 Å². The lowest BCUT2D eigenvalue weighted by Gasteiger charge is -2.43. The zero-order valence-corrected chi connectivity index (χ0v) is 11.9. The Labute approximate surface area is 105 Å². The summed E-state index contributed by atoms with van der Waals surface area (Å²) >= 11 is 0. The van der Waals surface area contributed by atoms with Gasteiger partial charge in [-0.2, -0.15) is 0 Å². The Hall–Kier alpha value is -0.570. The van der Waals surface area contributed by atoms with Crippen molar-refractivity contribution < 1.29 is 9.53 Å². The lowest BCUT2D eigenvalue weighted by molar-refractivity contribution is -0.152. The van der Waals surface area contributed by atoms with Gasteiger partial charge >= 0.3 is 5.97 Å². The number of hydrogen-bond donors (Lipinski definition) is 1. The van der Waals surface area contributed by atoms with Gasteiger partial charge in [0.05, 0.1) is 7.11 Å². The second-order valence-electron chi connectivity index (χ2n) is 6.54. The zero-order valence-electron chi connectivity index (χ0n) is 11.9. The Morgan fingerprint density at radius 3 is 2.47 bits per heavy atom. The van der Waals surface area contributed by atoms with E-state index in [0.717, 1.165) is 25.8 Å². The van der Waals surface area contributed by atoms with Crippen LogP contribution in [0.5, 0.6) is 0 Å². The average Bonchev–Trinajstić information content (AvgIpc) is 2.24. The van der Waals surface area contributed by atoms with Gasteiger partial charge in [0.2, 0.25) is 0 Å². The highest BCUT2D eigenvalue weighted by atomic mass is 16.5. The van der Waals surface area contributed by atoms with Gasteiger partial charge in [0, 0.05) is 0 Å². The van der Waals surface area contributed by atoms with Gasteiger partial charge < -0.3 is 10.1 Å². The van der Waals surface area contributed by atoms with E-state index in [1.807, 2.05) is 0 Å². The molecule has 3 nitrogen and oxygen atoms in total. The minimum absolute atomic E-state index is 0.0917. The predicted octanol–water partition coefficient (Wildman–Crippen LogP) is 2.74. The van der Waals surface area contributed by atoms with Gasteiger partial charge in [0.15, 0.2) is 0 Å². The number of nitrogens with one attached hydrogen (secondary N) is 1. The number of hydrogen-bond acceptors (Lipinski definition) is 3. The fraction of sp³-hybridized carbons (Fsp3) is 0.929. The van der Waals surface area contributed by atoms with Crippen LogP contribution < -0.4 is 5.32 Å². The Balaban J connectivity index is 2.82. The molecule has 1 aliphatic carbocycles. The molecule has 1 fully saturated rings. The van der Waals surface area contributed by atoms with E-state index < -0.39 is 5.54 Å². The van der Waals surface area contributed by atoms with Crippen molar-refractivity contribution in [2.75, 3.05) is 13.7 Å². The van der Waals surface area contributed by atoms with Crippen molar-refractivity contribution in [2.24, 2.45) is 11.3 Å². The van der Waals surface area contributed by atoms with Crippen molar-refractivity contribution in [1.29, 1.82) is 0 Å². The number of ether oxygens (including phenoxy) is 1. The minimum atomic E-state index is -0.458. The quantitative estimate of drug-likeness (QED) is 0.769. The van der Waals surface area contributed by atoms with Crippen molar-refractivity contribution in [3.63, 3.8) is 0 Å². The third-order valence-electron chi connectivity index (χ3n) is 3.66. The van der Waals surface area contributed by atoms with E-state index in [2.05, 4.69) is 33.0 Å². The third kappa shape index (κ3) is 3.70. The fourth-order valence-electron chi connectivity index (χ4n) is 2.85. The first-order chi connectivity index (χ1) is 7.81. The standard InChI is InChI=1S/C14H27NO2/c1-11(2)9-15-14(12(16)17-5)8-6-7-13(3,4)10-14/h11,15H,6-10H2,1-5H3. The smallest absolute Gasteiger partial charge is 0.326 e. The molecule has 0 bridgehead atoms. The molecule has 3 heteroatoms. The molecule has 0 spiro atoms. The highest BCUT2D eigenvalue weighted by Crippen LogP contribution is 2.41. The fourth-order valence-corrected chi connectivity index (χ4v) is 2.85. The number of methoxy groups -OCH3 is 1. The summed E-state index contributed by atoms with van der Waals surface area (Å²) in [5.74, 6) is 0.451. The highest BCUT2D eigenvalue weighted by Gasteiger charge is 2.46. The molecule has 0 radical (unpaired) electrons. The molecule has 0 aromatic rings. The summed E-state index contributed by atoms with van der Waals surface area (Å²) in [5.41, 5.74) is -0.239. The molecule has 1 atom stereocenters. The van der Waals surface area contributed by atoms with E-state index >= 15 is 0 Å². The molecule has 0 saturated heterocycles. The second-order valence-corrected chi connectivity index (χ2v) is 6.54. The molecular formula is C14H27NO2. The molecule has 0 aromatic carbocycles. The maximum absolute atomic E-state index is 12.1. The summed E-state index contributed by atoms with van der Waals surface area (Å²) in [5, 5.41) is 3.47. The van der Waals surface area contributed by atoms with Crippen LogP contribution in [-0.2, 0) is 9.53 Å². The van der Waals surface area contributed by atoms with Crippen LogP contribution in [0.2, 0.25) is 0 Å². The molecular weight excluding hydrogens is 214 g/mol. The lowest BCUT2D eigenvalue weighted by atomic mass is 9.68. The van der Waals surface area contributed by atoms with Crippen LogP contribution in [0.1, 0.15) is 53.4 Å². The molecule has 0 aliphatic heterocycles. The van der Waals surface area contributed by atoms with E-state index in [1.54, 1.807) is 0 Å². The minimum Gasteiger partial charge on any atom is -0.468 e. The Kier molecular flexibility index (Phi) is 4.59. The van der Waals surface area contributed by atoms with Gasteiger partial charge in [-0.15, -0.1) is 0 Å². The molecule has 17 heavy (non-hydrogen) atoms. The molecule has 0 heterocycles. The zero-order chi connectivity index (χ0) is 13.1. The van der Waals surface area contributed by atoms with E-state index in [-0.39, 0.29) is 11.4 Å². The maximum Gasteiger partial charge on any atom is 0.326 e. The van der Waals surface area contributed by atoms with E-state index in [1.165, 1.54) is 13.5 Å². The highest BCUT2D eigenvalue weighted by molar-refractivity contribution is 5.81. The third-order valence-corrected chi connectivity index (χ3v) is 3.66.